The molecular weight excluding hydrogens is 344 g/mol. The standard InChI is InChI=1S/C21H24N2O4/c1-14-8-10-17(11-9-14)22-19(24)12-23(4)20(25)13-27-21(26)18-7-5-6-15(2)16(18)3/h5-11H,12-13H2,1-4H3,(H,22,24). The summed E-state index contributed by atoms with van der Waals surface area (Å²) in [7, 11) is 1.49. The minimum absolute atomic E-state index is 0.131. The molecule has 2 aromatic carbocycles. The van der Waals surface area contributed by atoms with Crippen LogP contribution in [0.4, 0.5) is 5.69 Å². The van der Waals surface area contributed by atoms with E-state index in [2.05, 4.69) is 5.32 Å². The molecule has 0 heterocycles. The van der Waals surface area contributed by atoms with Crippen LogP contribution in [0.2, 0.25) is 0 Å². The van der Waals surface area contributed by atoms with Crippen LogP contribution in [0.1, 0.15) is 27.0 Å². The van der Waals surface area contributed by atoms with Crippen LogP contribution in [-0.4, -0.2) is 42.9 Å². The third-order valence-corrected chi connectivity index (χ3v) is 4.29. The molecule has 0 bridgehead atoms. The van der Waals surface area contributed by atoms with E-state index in [4.69, 9.17) is 4.74 Å². The van der Waals surface area contributed by atoms with Gasteiger partial charge in [0, 0.05) is 12.7 Å². The lowest BCUT2D eigenvalue weighted by atomic mass is 10.0. The molecule has 0 radical (unpaired) electrons. The highest BCUT2D eigenvalue weighted by atomic mass is 16.5. The lowest BCUT2D eigenvalue weighted by Gasteiger charge is -2.17. The van der Waals surface area contributed by atoms with Gasteiger partial charge < -0.3 is 15.0 Å². The van der Waals surface area contributed by atoms with Crippen molar-refractivity contribution in [3.8, 4) is 0 Å². The van der Waals surface area contributed by atoms with E-state index in [0.29, 0.717) is 11.3 Å². The highest BCUT2D eigenvalue weighted by Gasteiger charge is 2.17. The van der Waals surface area contributed by atoms with Gasteiger partial charge in [0.2, 0.25) is 5.91 Å². The van der Waals surface area contributed by atoms with Crippen molar-refractivity contribution < 1.29 is 19.1 Å². The van der Waals surface area contributed by atoms with E-state index in [-0.39, 0.29) is 12.5 Å². The zero-order chi connectivity index (χ0) is 20.0. The first-order valence-electron chi connectivity index (χ1n) is 8.61. The SMILES string of the molecule is Cc1ccc(NC(=O)CN(C)C(=O)COC(=O)c2cccc(C)c2C)cc1. The predicted molar refractivity (Wildman–Crippen MR) is 104 cm³/mol. The number of hydrogen-bond acceptors (Lipinski definition) is 4. The Morgan fingerprint density at radius 2 is 1.67 bits per heavy atom. The van der Waals surface area contributed by atoms with Gasteiger partial charge >= 0.3 is 5.97 Å². The summed E-state index contributed by atoms with van der Waals surface area (Å²) in [5.74, 6) is -1.33. The molecule has 0 saturated carbocycles. The Labute approximate surface area is 159 Å². The third-order valence-electron chi connectivity index (χ3n) is 4.29. The molecule has 0 aliphatic carbocycles. The Morgan fingerprint density at radius 3 is 2.33 bits per heavy atom. The van der Waals surface area contributed by atoms with Crippen molar-refractivity contribution in [1.82, 2.24) is 4.90 Å². The minimum Gasteiger partial charge on any atom is -0.452 e. The number of benzene rings is 2. The topological polar surface area (TPSA) is 75.7 Å². The molecule has 0 saturated heterocycles. The first-order chi connectivity index (χ1) is 12.8. The molecule has 0 fully saturated rings. The molecule has 2 rings (SSSR count). The largest absolute Gasteiger partial charge is 0.452 e. The first-order valence-corrected chi connectivity index (χ1v) is 8.61. The summed E-state index contributed by atoms with van der Waals surface area (Å²) in [5, 5.41) is 2.72. The average Bonchev–Trinajstić information content (AvgIpc) is 2.63. The second-order valence-electron chi connectivity index (χ2n) is 6.49. The van der Waals surface area contributed by atoms with Crippen molar-refractivity contribution in [3.63, 3.8) is 0 Å². The van der Waals surface area contributed by atoms with Gasteiger partial charge in [0.1, 0.15) is 0 Å². The molecule has 0 aliphatic heterocycles. The smallest absolute Gasteiger partial charge is 0.338 e. The number of aryl methyl sites for hydroxylation is 2. The van der Waals surface area contributed by atoms with Crippen molar-refractivity contribution in [2.75, 3.05) is 25.5 Å². The van der Waals surface area contributed by atoms with E-state index in [0.717, 1.165) is 16.7 Å². The van der Waals surface area contributed by atoms with E-state index >= 15 is 0 Å². The van der Waals surface area contributed by atoms with Crippen LogP contribution in [0, 0.1) is 20.8 Å². The van der Waals surface area contributed by atoms with Crippen LogP contribution in [0.15, 0.2) is 42.5 Å². The van der Waals surface area contributed by atoms with E-state index in [9.17, 15) is 14.4 Å². The number of esters is 1. The van der Waals surface area contributed by atoms with Crippen molar-refractivity contribution in [3.05, 3.63) is 64.7 Å². The zero-order valence-electron chi connectivity index (χ0n) is 16.0. The highest BCUT2D eigenvalue weighted by Crippen LogP contribution is 2.14. The van der Waals surface area contributed by atoms with Crippen LogP contribution < -0.4 is 5.32 Å². The van der Waals surface area contributed by atoms with Gasteiger partial charge in [0.05, 0.1) is 12.1 Å². The van der Waals surface area contributed by atoms with E-state index in [1.165, 1.54) is 11.9 Å². The number of carbonyl (C=O) groups is 3. The number of anilines is 1. The number of amides is 2. The Hall–Kier alpha value is -3.15. The second kappa shape index (κ2) is 8.98. The molecule has 0 spiro atoms. The molecule has 0 atom stereocenters. The van der Waals surface area contributed by atoms with Crippen LogP contribution >= 0.6 is 0 Å². The lowest BCUT2D eigenvalue weighted by molar-refractivity contribution is -0.136. The van der Waals surface area contributed by atoms with Gasteiger partial charge in [0.25, 0.3) is 5.91 Å². The molecular formula is C21H24N2O4. The van der Waals surface area contributed by atoms with Gasteiger partial charge in [-0.25, -0.2) is 4.79 Å². The molecule has 0 aliphatic rings. The summed E-state index contributed by atoms with van der Waals surface area (Å²) < 4.78 is 5.10. The van der Waals surface area contributed by atoms with E-state index in [1.54, 1.807) is 24.3 Å². The van der Waals surface area contributed by atoms with Crippen molar-refractivity contribution >= 4 is 23.5 Å². The summed E-state index contributed by atoms with van der Waals surface area (Å²) in [4.78, 5) is 37.6. The Bertz CT molecular complexity index is 844. The van der Waals surface area contributed by atoms with Gasteiger partial charge in [0.15, 0.2) is 6.61 Å². The molecule has 27 heavy (non-hydrogen) atoms. The Balaban J connectivity index is 1.84. The Morgan fingerprint density at radius 1 is 1.00 bits per heavy atom. The first kappa shape index (κ1) is 20.2. The summed E-state index contributed by atoms with van der Waals surface area (Å²) in [6.07, 6.45) is 0. The summed E-state index contributed by atoms with van der Waals surface area (Å²) >= 11 is 0. The van der Waals surface area contributed by atoms with E-state index < -0.39 is 18.5 Å². The van der Waals surface area contributed by atoms with Crippen molar-refractivity contribution in [1.29, 1.82) is 0 Å². The van der Waals surface area contributed by atoms with Crippen LogP contribution in [0.5, 0.6) is 0 Å². The maximum atomic E-state index is 12.2. The number of carbonyl (C=O) groups excluding carboxylic acids is 3. The minimum atomic E-state index is -0.554. The highest BCUT2D eigenvalue weighted by molar-refractivity contribution is 5.96. The third kappa shape index (κ3) is 5.67. The van der Waals surface area contributed by atoms with Crippen molar-refractivity contribution in [2.24, 2.45) is 0 Å². The Kier molecular flexibility index (Phi) is 6.71. The molecule has 6 heteroatoms. The zero-order valence-corrected chi connectivity index (χ0v) is 16.0. The van der Waals surface area contributed by atoms with Gasteiger partial charge in [-0.2, -0.15) is 0 Å². The summed E-state index contributed by atoms with van der Waals surface area (Å²) in [6, 6.07) is 12.7. The lowest BCUT2D eigenvalue weighted by Crippen LogP contribution is -2.37. The molecule has 142 valence electrons. The molecule has 6 nitrogen and oxygen atoms in total. The van der Waals surface area contributed by atoms with Gasteiger partial charge in [-0.05, 0) is 50.1 Å². The van der Waals surface area contributed by atoms with Crippen LogP contribution in [0.3, 0.4) is 0 Å². The molecule has 2 aromatic rings. The quantitative estimate of drug-likeness (QED) is 0.796. The van der Waals surface area contributed by atoms with Crippen molar-refractivity contribution in [2.45, 2.75) is 20.8 Å². The van der Waals surface area contributed by atoms with E-state index in [1.807, 2.05) is 39.0 Å². The van der Waals surface area contributed by atoms with Gasteiger partial charge in [-0.15, -0.1) is 0 Å². The fraction of sp³-hybridized carbons (Fsp3) is 0.286. The molecule has 0 aromatic heterocycles. The molecule has 0 unspecified atom stereocenters. The maximum absolute atomic E-state index is 12.2. The summed E-state index contributed by atoms with van der Waals surface area (Å²) in [6.45, 7) is 5.14. The maximum Gasteiger partial charge on any atom is 0.338 e. The van der Waals surface area contributed by atoms with Crippen LogP contribution in [0.25, 0.3) is 0 Å². The number of rotatable bonds is 6. The van der Waals surface area contributed by atoms with Crippen LogP contribution in [-0.2, 0) is 14.3 Å². The number of ether oxygens (including phenoxy) is 1. The van der Waals surface area contributed by atoms with Gasteiger partial charge in [-0.3, -0.25) is 9.59 Å². The molecule has 2 amide bonds. The molecule has 1 N–H and O–H groups in total. The predicted octanol–water partition coefficient (Wildman–Crippen LogP) is 2.87. The fourth-order valence-corrected chi connectivity index (χ4v) is 2.43. The average molecular weight is 368 g/mol. The number of nitrogens with one attached hydrogen (secondary N) is 1. The number of hydrogen-bond donors (Lipinski definition) is 1. The number of nitrogens with zero attached hydrogens (tertiary/aromatic N) is 1. The number of likely N-dealkylation sites (N-methyl/N-ethyl adjacent to an activating group) is 1. The van der Waals surface area contributed by atoms with Gasteiger partial charge in [-0.1, -0.05) is 29.8 Å². The second-order valence-corrected chi connectivity index (χ2v) is 6.49. The fourth-order valence-electron chi connectivity index (χ4n) is 2.43. The monoisotopic (exact) mass is 368 g/mol. The summed E-state index contributed by atoms with van der Waals surface area (Å²) in [5.41, 5.74) is 3.97. The normalized spacial score (nSPS) is 10.2.